The zero-order valence-corrected chi connectivity index (χ0v) is 12.2. The molecular formula is C13H24N2O4. The van der Waals surface area contributed by atoms with Crippen molar-refractivity contribution in [2.24, 2.45) is 5.41 Å². The van der Waals surface area contributed by atoms with Crippen molar-refractivity contribution in [2.45, 2.75) is 46.1 Å². The van der Waals surface area contributed by atoms with Crippen LogP contribution < -0.4 is 5.43 Å². The number of amides is 1. The minimum Gasteiger partial charge on any atom is -0.381 e. The predicted molar refractivity (Wildman–Crippen MR) is 69.0 cm³/mol. The minimum atomic E-state index is -0.898. The van der Waals surface area contributed by atoms with E-state index < -0.39 is 5.91 Å². The minimum absolute atomic E-state index is 0.0843. The highest BCUT2D eigenvalue weighted by Gasteiger charge is 2.48. The molecule has 2 aliphatic rings. The van der Waals surface area contributed by atoms with Gasteiger partial charge < -0.3 is 14.2 Å². The second-order valence-corrected chi connectivity index (χ2v) is 5.98. The number of hydrogen-bond donors (Lipinski definition) is 1. The molecule has 0 saturated carbocycles. The third kappa shape index (κ3) is 3.08. The fourth-order valence-corrected chi connectivity index (χ4v) is 2.77. The van der Waals surface area contributed by atoms with E-state index in [4.69, 9.17) is 14.2 Å². The summed E-state index contributed by atoms with van der Waals surface area (Å²) in [6.45, 7) is 10.0. The number of carbonyl (C=O) groups is 1. The van der Waals surface area contributed by atoms with Crippen LogP contribution in [-0.2, 0) is 19.0 Å². The first-order valence-corrected chi connectivity index (χ1v) is 6.77. The summed E-state index contributed by atoms with van der Waals surface area (Å²) in [5, 5.41) is 1.82. The third-order valence-electron chi connectivity index (χ3n) is 3.76. The van der Waals surface area contributed by atoms with E-state index in [1.807, 2.05) is 11.9 Å². The van der Waals surface area contributed by atoms with Gasteiger partial charge in [-0.25, -0.2) is 0 Å². The Balaban J connectivity index is 2.23. The molecule has 1 amide bonds. The lowest BCUT2D eigenvalue weighted by Gasteiger charge is -2.49. The van der Waals surface area contributed by atoms with E-state index in [0.29, 0.717) is 26.4 Å². The third-order valence-corrected chi connectivity index (χ3v) is 3.76. The molecule has 0 aliphatic carbocycles. The van der Waals surface area contributed by atoms with E-state index in [1.54, 1.807) is 0 Å². The van der Waals surface area contributed by atoms with Crippen LogP contribution in [0.1, 0.15) is 34.1 Å². The summed E-state index contributed by atoms with van der Waals surface area (Å²) in [5.41, 5.74) is 2.79. The molecule has 6 heteroatoms. The zero-order valence-electron chi connectivity index (χ0n) is 12.2. The summed E-state index contributed by atoms with van der Waals surface area (Å²) in [5.74, 6) is -1.02. The molecule has 2 aliphatic heterocycles. The van der Waals surface area contributed by atoms with Crippen LogP contribution in [0.5, 0.6) is 0 Å². The van der Waals surface area contributed by atoms with Crippen LogP contribution in [0.2, 0.25) is 0 Å². The van der Waals surface area contributed by atoms with Crippen molar-refractivity contribution in [3.8, 4) is 0 Å². The molecule has 0 aromatic heterocycles. The maximum atomic E-state index is 11.5. The fraction of sp³-hybridized carbons (Fsp3) is 0.923. The lowest BCUT2D eigenvalue weighted by Crippen LogP contribution is -2.65. The van der Waals surface area contributed by atoms with Crippen molar-refractivity contribution in [2.75, 3.05) is 26.4 Å². The largest absolute Gasteiger partial charge is 0.381 e. The first-order valence-electron chi connectivity index (χ1n) is 6.77. The van der Waals surface area contributed by atoms with Gasteiger partial charge in [0.05, 0.1) is 19.8 Å². The van der Waals surface area contributed by atoms with E-state index in [2.05, 4.69) is 19.3 Å². The molecule has 0 spiro atoms. The first kappa shape index (κ1) is 14.7. The van der Waals surface area contributed by atoms with Gasteiger partial charge in [0.15, 0.2) is 0 Å². The van der Waals surface area contributed by atoms with Gasteiger partial charge in [-0.15, -0.1) is 0 Å². The summed E-state index contributed by atoms with van der Waals surface area (Å²) in [7, 11) is 0. The van der Waals surface area contributed by atoms with Gasteiger partial charge in [0.2, 0.25) is 11.8 Å². The number of rotatable bonds is 3. The number of hydrazine groups is 1. The Morgan fingerprint density at radius 3 is 2.37 bits per heavy atom. The molecule has 1 unspecified atom stereocenters. The molecule has 19 heavy (non-hydrogen) atoms. The molecule has 0 aromatic rings. The van der Waals surface area contributed by atoms with Crippen LogP contribution in [0.25, 0.3) is 0 Å². The molecule has 0 radical (unpaired) electrons. The van der Waals surface area contributed by atoms with Crippen LogP contribution in [0.3, 0.4) is 0 Å². The summed E-state index contributed by atoms with van der Waals surface area (Å²) < 4.78 is 16.9. The summed E-state index contributed by atoms with van der Waals surface area (Å²) in [6.07, 6.45) is 0.829. The molecule has 2 fully saturated rings. The van der Waals surface area contributed by atoms with Crippen molar-refractivity contribution < 1.29 is 19.0 Å². The SMILES string of the molecule is CC(=O)NN(C1CCOCC1(C)C)C1(C)OCCO1. The molecule has 2 heterocycles. The van der Waals surface area contributed by atoms with Gasteiger partial charge in [0.1, 0.15) is 0 Å². The van der Waals surface area contributed by atoms with Crippen molar-refractivity contribution in [1.29, 1.82) is 0 Å². The predicted octanol–water partition coefficient (Wildman–Crippen LogP) is 0.875. The number of nitrogens with zero attached hydrogens (tertiary/aromatic N) is 1. The van der Waals surface area contributed by atoms with E-state index in [9.17, 15) is 4.79 Å². The zero-order chi connectivity index (χ0) is 14.1. The Labute approximate surface area is 114 Å². The topological polar surface area (TPSA) is 60.0 Å². The lowest BCUT2D eigenvalue weighted by atomic mass is 9.81. The second-order valence-electron chi connectivity index (χ2n) is 5.98. The number of nitrogens with one attached hydrogen (secondary N) is 1. The van der Waals surface area contributed by atoms with Gasteiger partial charge >= 0.3 is 0 Å². The van der Waals surface area contributed by atoms with E-state index >= 15 is 0 Å². The van der Waals surface area contributed by atoms with Crippen LogP contribution in [0.15, 0.2) is 0 Å². The molecule has 2 saturated heterocycles. The Kier molecular flexibility index (Phi) is 4.15. The number of ether oxygens (including phenoxy) is 3. The molecule has 1 N–H and O–H groups in total. The van der Waals surface area contributed by atoms with Gasteiger partial charge in [-0.2, -0.15) is 5.01 Å². The summed E-state index contributed by atoms with van der Waals surface area (Å²) >= 11 is 0. The molecule has 110 valence electrons. The monoisotopic (exact) mass is 272 g/mol. The van der Waals surface area contributed by atoms with Gasteiger partial charge in [0, 0.05) is 31.9 Å². The van der Waals surface area contributed by atoms with E-state index in [1.165, 1.54) is 6.92 Å². The van der Waals surface area contributed by atoms with Crippen LogP contribution in [0, 0.1) is 5.41 Å². The molecular weight excluding hydrogens is 248 g/mol. The maximum absolute atomic E-state index is 11.5. The number of hydrogen-bond acceptors (Lipinski definition) is 5. The highest BCUT2D eigenvalue weighted by molar-refractivity contribution is 5.72. The summed E-state index contributed by atoms with van der Waals surface area (Å²) in [6, 6.07) is 0.105. The van der Waals surface area contributed by atoms with Gasteiger partial charge in [-0.3, -0.25) is 10.2 Å². The molecule has 0 aromatic carbocycles. The first-order chi connectivity index (χ1) is 8.85. The smallest absolute Gasteiger partial charge is 0.244 e. The van der Waals surface area contributed by atoms with Crippen molar-refractivity contribution in [3.63, 3.8) is 0 Å². The molecule has 1 atom stereocenters. The average Bonchev–Trinajstić information content (AvgIpc) is 2.74. The Morgan fingerprint density at radius 1 is 1.21 bits per heavy atom. The van der Waals surface area contributed by atoms with E-state index in [0.717, 1.165) is 6.42 Å². The lowest BCUT2D eigenvalue weighted by molar-refractivity contribution is -0.289. The highest BCUT2D eigenvalue weighted by Crippen LogP contribution is 2.36. The quantitative estimate of drug-likeness (QED) is 0.773. The van der Waals surface area contributed by atoms with E-state index in [-0.39, 0.29) is 17.4 Å². The normalized spacial score (nSPS) is 29.4. The second kappa shape index (κ2) is 5.36. The molecule has 2 rings (SSSR count). The van der Waals surface area contributed by atoms with Crippen LogP contribution in [-0.4, -0.2) is 49.3 Å². The number of carbonyl (C=O) groups excluding carboxylic acids is 1. The fourth-order valence-electron chi connectivity index (χ4n) is 2.77. The average molecular weight is 272 g/mol. The standard InChI is InChI=1S/C13H24N2O4/c1-10(16)14-15(13(4)18-7-8-19-13)11-5-6-17-9-12(11,2)3/h11H,5-9H2,1-4H3,(H,14,16). The molecule has 6 nitrogen and oxygen atoms in total. The van der Waals surface area contributed by atoms with Crippen molar-refractivity contribution in [1.82, 2.24) is 10.4 Å². The summed E-state index contributed by atoms with van der Waals surface area (Å²) in [4.78, 5) is 11.5. The Bertz CT molecular complexity index is 340. The van der Waals surface area contributed by atoms with Crippen molar-refractivity contribution >= 4 is 5.91 Å². The van der Waals surface area contributed by atoms with Gasteiger partial charge in [-0.05, 0) is 6.42 Å². The van der Waals surface area contributed by atoms with Gasteiger partial charge in [-0.1, -0.05) is 13.8 Å². The van der Waals surface area contributed by atoms with Crippen molar-refractivity contribution in [3.05, 3.63) is 0 Å². The Hall–Kier alpha value is -0.690. The maximum Gasteiger partial charge on any atom is 0.244 e. The van der Waals surface area contributed by atoms with Crippen LogP contribution in [0.4, 0.5) is 0 Å². The van der Waals surface area contributed by atoms with Crippen LogP contribution >= 0.6 is 0 Å². The highest BCUT2D eigenvalue weighted by atomic mass is 16.8. The van der Waals surface area contributed by atoms with Gasteiger partial charge in [0.25, 0.3) is 0 Å². The molecule has 0 bridgehead atoms. The Morgan fingerprint density at radius 2 is 1.84 bits per heavy atom.